The van der Waals surface area contributed by atoms with Crippen molar-refractivity contribution in [1.29, 1.82) is 0 Å². The summed E-state index contributed by atoms with van der Waals surface area (Å²) in [5.41, 5.74) is 3.79. The lowest BCUT2D eigenvalue weighted by Gasteiger charge is -2.22. The Bertz CT molecular complexity index is 449. The third-order valence-corrected chi connectivity index (χ3v) is 3.35. The van der Waals surface area contributed by atoms with E-state index >= 15 is 0 Å². The number of ketones is 1. The van der Waals surface area contributed by atoms with Crippen molar-refractivity contribution in [3.05, 3.63) is 34.4 Å². The van der Waals surface area contributed by atoms with Gasteiger partial charge in [0.15, 0.2) is 5.78 Å². The molecule has 0 spiro atoms. The lowest BCUT2D eigenvalue weighted by molar-refractivity contribution is 0.0749. The minimum absolute atomic E-state index is 0.0562. The van der Waals surface area contributed by atoms with Gasteiger partial charge in [-0.3, -0.25) is 4.79 Å². The highest BCUT2D eigenvalue weighted by Gasteiger charge is 2.23. The van der Waals surface area contributed by atoms with Crippen LogP contribution in [0, 0.1) is 13.8 Å². The fourth-order valence-electron chi connectivity index (χ4n) is 2.24. The van der Waals surface area contributed by atoms with Crippen molar-refractivity contribution < 1.29 is 9.90 Å². The Hall–Kier alpha value is -1.19. The predicted molar refractivity (Wildman–Crippen MR) is 78.9 cm³/mol. The maximum absolute atomic E-state index is 12.2. The molecule has 1 atom stereocenters. The molecule has 0 fully saturated rings. The molecule has 0 radical (unpaired) electrons. The fourth-order valence-corrected chi connectivity index (χ4v) is 2.24. The number of carbonyl (C=O) groups excluding carboxylic acids is 1. The number of nitrogens with one attached hydrogen (secondary N) is 1. The van der Waals surface area contributed by atoms with Crippen molar-refractivity contribution in [2.75, 3.05) is 13.6 Å². The van der Waals surface area contributed by atoms with Crippen LogP contribution in [0.5, 0.6) is 0 Å². The van der Waals surface area contributed by atoms with Crippen LogP contribution in [0.2, 0.25) is 0 Å². The van der Waals surface area contributed by atoms with Crippen LogP contribution in [-0.4, -0.2) is 30.6 Å². The van der Waals surface area contributed by atoms with Crippen molar-refractivity contribution in [1.82, 2.24) is 5.32 Å². The first kappa shape index (κ1) is 15.9. The minimum atomic E-state index is -0.983. The zero-order chi connectivity index (χ0) is 14.8. The largest absolute Gasteiger partial charge is 0.384 e. The molecule has 0 aliphatic rings. The molecule has 3 heteroatoms. The van der Waals surface area contributed by atoms with E-state index in [4.69, 9.17) is 0 Å². The van der Waals surface area contributed by atoms with E-state index in [0.29, 0.717) is 5.56 Å². The number of rotatable bonds is 4. The van der Waals surface area contributed by atoms with Crippen molar-refractivity contribution in [2.24, 2.45) is 0 Å². The molecule has 2 N–H and O–H groups in total. The summed E-state index contributed by atoms with van der Waals surface area (Å²) in [6.45, 7) is 10.6. The number of likely N-dealkylation sites (N-methyl/N-ethyl adjacent to an activating group) is 1. The molecule has 0 saturated carbocycles. The van der Waals surface area contributed by atoms with Gasteiger partial charge in [-0.05, 0) is 43.0 Å². The van der Waals surface area contributed by atoms with E-state index in [-0.39, 0.29) is 17.7 Å². The number of hydrogen-bond donors (Lipinski definition) is 2. The molecule has 3 nitrogen and oxygen atoms in total. The monoisotopic (exact) mass is 263 g/mol. The van der Waals surface area contributed by atoms with Crippen LogP contribution in [0.1, 0.15) is 47.8 Å². The molecular formula is C16H25NO2. The van der Waals surface area contributed by atoms with E-state index in [2.05, 4.69) is 26.1 Å². The molecule has 0 amide bonds. The molecule has 0 aromatic heterocycles. The molecule has 106 valence electrons. The van der Waals surface area contributed by atoms with Crippen LogP contribution >= 0.6 is 0 Å². The Morgan fingerprint density at radius 1 is 1.26 bits per heavy atom. The Kier molecular flexibility index (Phi) is 4.88. The van der Waals surface area contributed by atoms with Gasteiger partial charge in [0.2, 0.25) is 0 Å². The summed E-state index contributed by atoms with van der Waals surface area (Å²) in [7, 11) is 1.72. The molecule has 0 aliphatic heterocycles. The average molecular weight is 263 g/mol. The molecule has 1 rings (SSSR count). The van der Waals surface area contributed by atoms with Crippen molar-refractivity contribution in [3.8, 4) is 0 Å². The average Bonchev–Trinajstić information content (AvgIpc) is 2.26. The standard InChI is InChI=1S/C16H25NO2/c1-10-7-12(16(3,4)5)8-11(2)14(10)15(19)13(18)9-17-6/h7-8,13,17-18H,9H2,1-6H3. The summed E-state index contributed by atoms with van der Waals surface area (Å²) in [4.78, 5) is 12.2. The maximum atomic E-state index is 12.2. The predicted octanol–water partition coefficient (Wildman–Crippen LogP) is 2.36. The first-order chi connectivity index (χ1) is 8.68. The number of Topliss-reactive ketones (excluding diaryl/α,β-unsaturated/α-hetero) is 1. The van der Waals surface area contributed by atoms with Gasteiger partial charge >= 0.3 is 0 Å². The molecule has 0 bridgehead atoms. The van der Waals surface area contributed by atoms with Crippen molar-refractivity contribution in [2.45, 2.75) is 46.1 Å². The summed E-state index contributed by atoms with van der Waals surface area (Å²) in [5.74, 6) is -0.204. The van der Waals surface area contributed by atoms with Gasteiger partial charge in [-0.1, -0.05) is 32.9 Å². The van der Waals surface area contributed by atoms with E-state index in [1.165, 1.54) is 5.56 Å². The SMILES string of the molecule is CNCC(O)C(=O)c1c(C)cc(C(C)(C)C)cc1C. The number of hydrogen-bond acceptors (Lipinski definition) is 3. The molecule has 1 aromatic carbocycles. The topological polar surface area (TPSA) is 49.3 Å². The Labute approximate surface area is 116 Å². The van der Waals surface area contributed by atoms with Crippen LogP contribution in [0.15, 0.2) is 12.1 Å². The molecule has 0 saturated heterocycles. The third kappa shape index (κ3) is 3.64. The van der Waals surface area contributed by atoms with E-state index in [1.807, 2.05) is 26.0 Å². The van der Waals surface area contributed by atoms with Crippen molar-refractivity contribution in [3.63, 3.8) is 0 Å². The van der Waals surface area contributed by atoms with Gasteiger partial charge in [-0.2, -0.15) is 0 Å². The number of aliphatic hydroxyl groups is 1. The highest BCUT2D eigenvalue weighted by atomic mass is 16.3. The van der Waals surface area contributed by atoms with E-state index < -0.39 is 6.10 Å². The first-order valence-electron chi connectivity index (χ1n) is 6.67. The van der Waals surface area contributed by atoms with Crippen LogP contribution in [0.3, 0.4) is 0 Å². The van der Waals surface area contributed by atoms with Gasteiger partial charge in [-0.15, -0.1) is 0 Å². The quantitative estimate of drug-likeness (QED) is 0.820. The summed E-state index contributed by atoms with van der Waals surface area (Å²) in [6.07, 6.45) is -0.983. The molecule has 0 heterocycles. The van der Waals surface area contributed by atoms with Crippen molar-refractivity contribution >= 4 is 5.78 Å². The normalized spacial score (nSPS) is 13.4. The highest BCUT2D eigenvalue weighted by molar-refractivity contribution is 6.02. The first-order valence-corrected chi connectivity index (χ1v) is 6.67. The second kappa shape index (κ2) is 5.85. The van der Waals surface area contributed by atoms with Crippen LogP contribution in [-0.2, 0) is 5.41 Å². The van der Waals surface area contributed by atoms with Crippen LogP contribution < -0.4 is 5.32 Å². The molecule has 1 unspecified atom stereocenters. The van der Waals surface area contributed by atoms with Gasteiger partial charge in [0.1, 0.15) is 6.10 Å². The summed E-state index contributed by atoms with van der Waals surface area (Å²) >= 11 is 0. The molecule has 0 aliphatic carbocycles. The number of aryl methyl sites for hydroxylation is 2. The summed E-state index contributed by atoms with van der Waals surface area (Å²) in [6, 6.07) is 4.10. The third-order valence-electron chi connectivity index (χ3n) is 3.35. The van der Waals surface area contributed by atoms with E-state index in [9.17, 15) is 9.90 Å². The Morgan fingerprint density at radius 3 is 2.11 bits per heavy atom. The van der Waals surface area contributed by atoms with Crippen LogP contribution in [0.25, 0.3) is 0 Å². The van der Waals surface area contributed by atoms with Gasteiger partial charge < -0.3 is 10.4 Å². The zero-order valence-electron chi connectivity index (χ0n) is 12.8. The lowest BCUT2D eigenvalue weighted by atomic mass is 9.83. The minimum Gasteiger partial charge on any atom is -0.384 e. The maximum Gasteiger partial charge on any atom is 0.193 e. The zero-order valence-corrected chi connectivity index (χ0v) is 12.8. The molecule has 19 heavy (non-hydrogen) atoms. The van der Waals surface area contributed by atoms with E-state index in [1.54, 1.807) is 7.05 Å². The summed E-state index contributed by atoms with van der Waals surface area (Å²) < 4.78 is 0. The Balaban J connectivity index is 3.21. The number of aliphatic hydroxyl groups excluding tert-OH is 1. The van der Waals surface area contributed by atoms with Gasteiger partial charge in [0.25, 0.3) is 0 Å². The second-order valence-corrected chi connectivity index (χ2v) is 6.17. The van der Waals surface area contributed by atoms with E-state index in [0.717, 1.165) is 11.1 Å². The molecular weight excluding hydrogens is 238 g/mol. The number of benzene rings is 1. The highest BCUT2D eigenvalue weighted by Crippen LogP contribution is 2.27. The van der Waals surface area contributed by atoms with Gasteiger partial charge in [0.05, 0.1) is 0 Å². The second-order valence-electron chi connectivity index (χ2n) is 6.17. The fraction of sp³-hybridized carbons (Fsp3) is 0.562. The smallest absolute Gasteiger partial charge is 0.193 e. The summed E-state index contributed by atoms with van der Waals surface area (Å²) in [5, 5.41) is 12.7. The Morgan fingerprint density at radius 2 is 1.74 bits per heavy atom. The molecule has 1 aromatic rings. The lowest BCUT2D eigenvalue weighted by Crippen LogP contribution is -2.32. The number of carbonyl (C=O) groups is 1. The van der Waals surface area contributed by atoms with Crippen LogP contribution in [0.4, 0.5) is 0 Å². The van der Waals surface area contributed by atoms with Gasteiger partial charge in [0, 0.05) is 12.1 Å². The van der Waals surface area contributed by atoms with Gasteiger partial charge in [-0.25, -0.2) is 0 Å².